The Morgan fingerprint density at radius 3 is 2.89 bits per heavy atom. The summed E-state index contributed by atoms with van der Waals surface area (Å²) in [4.78, 5) is 1.43. The monoisotopic (exact) mass is 264 g/mol. The quantitative estimate of drug-likeness (QED) is 0.591. The zero-order chi connectivity index (χ0) is 12.2. The van der Waals surface area contributed by atoms with Crippen molar-refractivity contribution in [3.63, 3.8) is 0 Å². The molecule has 3 aliphatic rings. The van der Waals surface area contributed by atoms with Crippen LogP contribution in [0.25, 0.3) is 0 Å². The molecule has 4 N–H and O–H groups in total. The molecule has 1 saturated heterocycles. The lowest BCUT2D eigenvalue weighted by Gasteiger charge is -2.32. The molecule has 0 aromatic heterocycles. The molecule has 98 valence electrons. The molecule has 1 fully saturated rings. The normalized spacial score (nSPS) is 32.0. The fourth-order valence-corrected chi connectivity index (χ4v) is 3.36. The summed E-state index contributed by atoms with van der Waals surface area (Å²) in [5, 5.41) is 15.8. The van der Waals surface area contributed by atoms with Crippen molar-refractivity contribution in [1.29, 1.82) is 0 Å². The van der Waals surface area contributed by atoms with Gasteiger partial charge in [0.05, 0.1) is 6.04 Å². The van der Waals surface area contributed by atoms with Crippen LogP contribution in [0.2, 0.25) is 0 Å². The van der Waals surface area contributed by atoms with Gasteiger partial charge in [0.1, 0.15) is 0 Å². The van der Waals surface area contributed by atoms with Crippen molar-refractivity contribution in [2.75, 3.05) is 26.2 Å². The number of piperazine rings is 1. The Morgan fingerprint density at radius 2 is 2.22 bits per heavy atom. The molecule has 2 atom stereocenters. The van der Waals surface area contributed by atoms with E-state index in [9.17, 15) is 0 Å². The number of allylic oxidation sites excluding steroid dienone is 1. The van der Waals surface area contributed by atoms with Crippen LogP contribution in [-0.2, 0) is 0 Å². The summed E-state index contributed by atoms with van der Waals surface area (Å²) < 4.78 is 0. The molecular formula is C13H20N4S. The van der Waals surface area contributed by atoms with E-state index < -0.39 is 0 Å². The third-order valence-electron chi connectivity index (χ3n) is 3.59. The van der Waals surface area contributed by atoms with E-state index >= 15 is 0 Å². The van der Waals surface area contributed by atoms with Gasteiger partial charge in [0, 0.05) is 55.1 Å². The fraction of sp³-hybridized carbons (Fsp3) is 0.538. The van der Waals surface area contributed by atoms with Gasteiger partial charge >= 0.3 is 0 Å². The Labute approximate surface area is 112 Å². The molecule has 3 rings (SSSR count). The first-order chi connectivity index (χ1) is 8.93. The minimum absolute atomic E-state index is 0.464. The van der Waals surface area contributed by atoms with Crippen LogP contribution in [-0.4, -0.2) is 32.2 Å². The van der Waals surface area contributed by atoms with Gasteiger partial charge in [0.2, 0.25) is 0 Å². The topological polar surface area (TPSA) is 48.1 Å². The predicted molar refractivity (Wildman–Crippen MR) is 76.8 cm³/mol. The van der Waals surface area contributed by atoms with Crippen molar-refractivity contribution in [2.24, 2.45) is 5.92 Å². The van der Waals surface area contributed by atoms with Crippen molar-refractivity contribution in [3.8, 4) is 0 Å². The number of rotatable bonds is 2. The molecular weight excluding hydrogens is 244 g/mol. The van der Waals surface area contributed by atoms with Crippen LogP contribution < -0.4 is 21.3 Å². The van der Waals surface area contributed by atoms with Crippen molar-refractivity contribution < 1.29 is 0 Å². The highest BCUT2D eigenvalue weighted by atomic mass is 32.2. The van der Waals surface area contributed by atoms with Gasteiger partial charge in [0.25, 0.3) is 0 Å². The van der Waals surface area contributed by atoms with Crippen LogP contribution in [0.15, 0.2) is 34.5 Å². The SMILES string of the molecule is C1=CSC(C2CC=C(C3CNCCN3)NC2)=CN1. The molecule has 0 bridgehead atoms. The number of hydrogen-bond donors (Lipinski definition) is 4. The maximum atomic E-state index is 3.59. The van der Waals surface area contributed by atoms with E-state index in [0.29, 0.717) is 12.0 Å². The van der Waals surface area contributed by atoms with Crippen LogP contribution >= 0.6 is 11.8 Å². The minimum atomic E-state index is 0.464. The Kier molecular flexibility index (Phi) is 3.93. The molecule has 3 heterocycles. The van der Waals surface area contributed by atoms with Gasteiger partial charge in [-0.2, -0.15) is 0 Å². The van der Waals surface area contributed by atoms with Crippen molar-refractivity contribution >= 4 is 11.8 Å². The van der Waals surface area contributed by atoms with E-state index in [1.807, 2.05) is 18.0 Å². The predicted octanol–water partition coefficient (Wildman–Crippen LogP) is 0.690. The van der Waals surface area contributed by atoms with E-state index in [1.165, 1.54) is 10.6 Å². The molecule has 4 nitrogen and oxygen atoms in total. The summed E-state index contributed by atoms with van der Waals surface area (Å²) in [6.45, 7) is 4.21. The van der Waals surface area contributed by atoms with E-state index in [0.717, 1.165) is 32.6 Å². The molecule has 0 aromatic carbocycles. The van der Waals surface area contributed by atoms with Gasteiger partial charge in [-0.25, -0.2) is 0 Å². The Balaban J connectivity index is 1.58. The van der Waals surface area contributed by atoms with Crippen LogP contribution in [0.3, 0.4) is 0 Å². The maximum absolute atomic E-state index is 3.59. The second-order valence-corrected chi connectivity index (χ2v) is 5.80. The third kappa shape index (κ3) is 2.74. The third-order valence-corrected chi connectivity index (χ3v) is 4.58. The largest absolute Gasteiger partial charge is 0.387 e. The van der Waals surface area contributed by atoms with Gasteiger partial charge in [0.15, 0.2) is 0 Å². The molecule has 2 unspecified atom stereocenters. The van der Waals surface area contributed by atoms with Crippen LogP contribution in [0.5, 0.6) is 0 Å². The van der Waals surface area contributed by atoms with Crippen molar-refractivity contribution in [3.05, 3.63) is 34.5 Å². The summed E-state index contributed by atoms with van der Waals surface area (Å²) in [6, 6.07) is 0.464. The zero-order valence-electron chi connectivity index (χ0n) is 10.4. The summed E-state index contributed by atoms with van der Waals surface area (Å²) >= 11 is 1.83. The van der Waals surface area contributed by atoms with Crippen molar-refractivity contribution in [1.82, 2.24) is 21.3 Å². The fourth-order valence-electron chi connectivity index (χ4n) is 2.55. The second kappa shape index (κ2) is 5.82. The Bertz CT molecular complexity index is 382. The highest BCUT2D eigenvalue weighted by Gasteiger charge is 2.23. The van der Waals surface area contributed by atoms with Crippen LogP contribution in [0.4, 0.5) is 0 Å². The maximum Gasteiger partial charge on any atom is 0.0593 e. The Hall–Kier alpha value is -0.910. The lowest BCUT2D eigenvalue weighted by molar-refractivity contribution is 0.421. The molecule has 0 amide bonds. The molecule has 0 spiro atoms. The first-order valence-corrected chi connectivity index (χ1v) is 7.47. The summed E-state index contributed by atoms with van der Waals surface area (Å²) in [7, 11) is 0. The molecule has 0 aromatic rings. The summed E-state index contributed by atoms with van der Waals surface area (Å²) in [6.07, 6.45) is 7.59. The number of thioether (sulfide) groups is 1. The molecule has 0 aliphatic carbocycles. The van der Waals surface area contributed by atoms with Crippen molar-refractivity contribution in [2.45, 2.75) is 12.5 Å². The average molecular weight is 264 g/mol. The van der Waals surface area contributed by atoms with E-state index in [4.69, 9.17) is 0 Å². The smallest absolute Gasteiger partial charge is 0.0593 e. The molecule has 18 heavy (non-hydrogen) atoms. The highest BCUT2D eigenvalue weighted by molar-refractivity contribution is 8.05. The molecule has 0 radical (unpaired) electrons. The second-order valence-electron chi connectivity index (χ2n) is 4.82. The van der Waals surface area contributed by atoms with E-state index in [1.54, 1.807) is 0 Å². The van der Waals surface area contributed by atoms with Gasteiger partial charge in [-0.1, -0.05) is 17.8 Å². The van der Waals surface area contributed by atoms with Crippen LogP contribution in [0, 0.1) is 5.92 Å². The lowest BCUT2D eigenvalue weighted by Crippen LogP contribution is -2.52. The first-order valence-electron chi connectivity index (χ1n) is 6.59. The zero-order valence-corrected chi connectivity index (χ0v) is 11.2. The van der Waals surface area contributed by atoms with Gasteiger partial charge < -0.3 is 21.3 Å². The number of nitrogens with one attached hydrogen (secondary N) is 4. The summed E-state index contributed by atoms with van der Waals surface area (Å²) in [5.74, 6) is 0.604. The first kappa shape index (κ1) is 12.1. The minimum Gasteiger partial charge on any atom is -0.387 e. The lowest BCUT2D eigenvalue weighted by atomic mass is 9.98. The highest BCUT2D eigenvalue weighted by Crippen LogP contribution is 2.31. The number of hydrogen-bond acceptors (Lipinski definition) is 5. The molecule has 3 aliphatic heterocycles. The Morgan fingerprint density at radius 1 is 1.22 bits per heavy atom. The van der Waals surface area contributed by atoms with Gasteiger partial charge in [-0.05, 0) is 11.8 Å². The molecule has 0 saturated carbocycles. The van der Waals surface area contributed by atoms with Gasteiger partial charge in [-0.15, -0.1) is 0 Å². The van der Waals surface area contributed by atoms with E-state index in [-0.39, 0.29) is 0 Å². The van der Waals surface area contributed by atoms with E-state index in [2.05, 4.69) is 39.0 Å². The van der Waals surface area contributed by atoms with Crippen LogP contribution in [0.1, 0.15) is 6.42 Å². The van der Waals surface area contributed by atoms with Gasteiger partial charge in [-0.3, -0.25) is 0 Å². The summed E-state index contributed by atoms with van der Waals surface area (Å²) in [5.41, 5.74) is 1.36. The molecule has 5 heteroatoms. The average Bonchev–Trinajstić information content (AvgIpc) is 2.49. The standard InChI is InChI=1S/C13H20N4S/c1-2-11(12-8-14-3-4-16-12)17-7-10(1)13-9-15-5-6-18-13/h2,5-6,9-10,12,14-17H,1,3-4,7-8H2.